The monoisotopic (exact) mass is 239 g/mol. The molecule has 0 unspecified atom stereocenters. The van der Waals surface area contributed by atoms with E-state index in [1.54, 1.807) is 0 Å². The Morgan fingerprint density at radius 1 is 0.944 bits per heavy atom. The molecular formula is C17H21N. The van der Waals surface area contributed by atoms with Crippen molar-refractivity contribution in [2.45, 2.75) is 20.3 Å². The van der Waals surface area contributed by atoms with E-state index in [0.717, 1.165) is 12.1 Å². The molecule has 0 saturated carbocycles. The van der Waals surface area contributed by atoms with Gasteiger partial charge in [-0.15, -0.1) is 0 Å². The average Bonchev–Trinajstić information content (AvgIpc) is 2.39. The molecule has 2 rings (SSSR count). The molecule has 0 radical (unpaired) electrons. The van der Waals surface area contributed by atoms with Gasteiger partial charge in [0.05, 0.1) is 0 Å². The minimum atomic E-state index is 0.712. The molecule has 0 bridgehead atoms. The fourth-order valence-electron chi connectivity index (χ4n) is 2.16. The van der Waals surface area contributed by atoms with E-state index in [9.17, 15) is 0 Å². The molecule has 1 N–H and O–H groups in total. The van der Waals surface area contributed by atoms with Gasteiger partial charge < -0.3 is 5.32 Å². The Morgan fingerprint density at radius 2 is 1.67 bits per heavy atom. The van der Waals surface area contributed by atoms with Crippen LogP contribution < -0.4 is 5.32 Å². The highest BCUT2D eigenvalue weighted by atomic mass is 14.8. The Kier molecular flexibility index (Phi) is 4.03. The molecule has 2 aromatic rings. The number of anilines is 1. The molecule has 1 heteroatoms. The lowest BCUT2D eigenvalue weighted by Crippen LogP contribution is -1.93. The number of rotatable bonds is 4. The van der Waals surface area contributed by atoms with Gasteiger partial charge in [0.25, 0.3) is 0 Å². The quantitative estimate of drug-likeness (QED) is 0.822. The summed E-state index contributed by atoms with van der Waals surface area (Å²) in [5.74, 6) is 0.712. The first kappa shape index (κ1) is 12.7. The minimum Gasteiger partial charge on any atom is -0.388 e. The maximum atomic E-state index is 3.17. The van der Waals surface area contributed by atoms with Crippen molar-refractivity contribution in [3.05, 3.63) is 54.1 Å². The molecule has 0 atom stereocenters. The summed E-state index contributed by atoms with van der Waals surface area (Å²) in [4.78, 5) is 0. The van der Waals surface area contributed by atoms with E-state index in [1.165, 1.54) is 16.7 Å². The van der Waals surface area contributed by atoms with Crippen LogP contribution in [0.15, 0.2) is 48.5 Å². The van der Waals surface area contributed by atoms with Gasteiger partial charge >= 0.3 is 0 Å². The van der Waals surface area contributed by atoms with Crippen LogP contribution in [-0.4, -0.2) is 7.05 Å². The summed E-state index contributed by atoms with van der Waals surface area (Å²) in [6.45, 7) is 4.51. The summed E-state index contributed by atoms with van der Waals surface area (Å²) in [7, 11) is 1.95. The summed E-state index contributed by atoms with van der Waals surface area (Å²) in [6, 6.07) is 17.4. The Morgan fingerprint density at radius 3 is 2.28 bits per heavy atom. The fourth-order valence-corrected chi connectivity index (χ4v) is 2.16. The highest BCUT2D eigenvalue weighted by molar-refractivity contribution is 5.68. The van der Waals surface area contributed by atoms with Crippen molar-refractivity contribution in [2.75, 3.05) is 12.4 Å². The van der Waals surface area contributed by atoms with Crippen LogP contribution in [0.25, 0.3) is 11.1 Å². The second kappa shape index (κ2) is 5.72. The summed E-state index contributed by atoms with van der Waals surface area (Å²) in [5, 5.41) is 3.17. The van der Waals surface area contributed by atoms with Crippen LogP contribution in [0.5, 0.6) is 0 Å². The maximum absolute atomic E-state index is 3.17. The highest BCUT2D eigenvalue weighted by Gasteiger charge is 2.01. The lowest BCUT2D eigenvalue weighted by atomic mass is 9.99. The van der Waals surface area contributed by atoms with Crippen molar-refractivity contribution in [3.63, 3.8) is 0 Å². The van der Waals surface area contributed by atoms with E-state index in [2.05, 4.69) is 67.7 Å². The van der Waals surface area contributed by atoms with E-state index >= 15 is 0 Å². The molecule has 0 saturated heterocycles. The molecule has 94 valence electrons. The summed E-state index contributed by atoms with van der Waals surface area (Å²) < 4.78 is 0. The maximum Gasteiger partial charge on any atom is 0.0343 e. The molecule has 0 aliphatic rings. The van der Waals surface area contributed by atoms with Crippen LogP contribution in [-0.2, 0) is 6.42 Å². The van der Waals surface area contributed by atoms with Crippen LogP contribution in [0, 0.1) is 5.92 Å². The Balaban J connectivity index is 2.22. The van der Waals surface area contributed by atoms with Gasteiger partial charge in [-0.25, -0.2) is 0 Å². The second-order valence-corrected chi connectivity index (χ2v) is 5.13. The predicted molar refractivity (Wildman–Crippen MR) is 80.0 cm³/mol. The van der Waals surface area contributed by atoms with Crippen molar-refractivity contribution in [2.24, 2.45) is 5.92 Å². The van der Waals surface area contributed by atoms with Crippen LogP contribution in [0.4, 0.5) is 5.69 Å². The summed E-state index contributed by atoms with van der Waals surface area (Å²) in [5.41, 5.74) is 5.11. The van der Waals surface area contributed by atoms with Crippen molar-refractivity contribution < 1.29 is 0 Å². The van der Waals surface area contributed by atoms with E-state index in [0.29, 0.717) is 5.92 Å². The van der Waals surface area contributed by atoms with Gasteiger partial charge in [0, 0.05) is 12.7 Å². The first-order valence-electron chi connectivity index (χ1n) is 6.56. The lowest BCUT2D eigenvalue weighted by molar-refractivity contribution is 0.647. The number of nitrogens with one attached hydrogen (secondary N) is 1. The third kappa shape index (κ3) is 3.13. The van der Waals surface area contributed by atoms with Crippen LogP contribution in [0.2, 0.25) is 0 Å². The third-order valence-electron chi connectivity index (χ3n) is 3.08. The Bertz CT molecular complexity index is 497. The zero-order valence-electron chi connectivity index (χ0n) is 11.4. The molecule has 0 aliphatic carbocycles. The molecule has 0 fully saturated rings. The van der Waals surface area contributed by atoms with Crippen LogP contribution in [0.1, 0.15) is 19.4 Å². The molecular weight excluding hydrogens is 218 g/mol. The van der Waals surface area contributed by atoms with E-state index in [1.807, 2.05) is 7.05 Å². The Labute approximate surface area is 110 Å². The first-order valence-corrected chi connectivity index (χ1v) is 6.56. The number of hydrogen-bond donors (Lipinski definition) is 1. The lowest BCUT2D eigenvalue weighted by Gasteiger charge is -2.08. The largest absolute Gasteiger partial charge is 0.388 e. The Hall–Kier alpha value is -1.76. The molecule has 0 aliphatic heterocycles. The average molecular weight is 239 g/mol. The molecule has 1 nitrogen and oxygen atoms in total. The van der Waals surface area contributed by atoms with E-state index in [-0.39, 0.29) is 0 Å². The normalized spacial score (nSPS) is 10.7. The van der Waals surface area contributed by atoms with Crippen molar-refractivity contribution in [1.29, 1.82) is 0 Å². The SMILES string of the molecule is CNc1cccc(-c2ccc(CC(C)C)cc2)c1. The number of hydrogen-bond acceptors (Lipinski definition) is 1. The van der Waals surface area contributed by atoms with Gasteiger partial charge in [-0.1, -0.05) is 50.2 Å². The molecule has 0 spiro atoms. The van der Waals surface area contributed by atoms with Gasteiger partial charge in [0.2, 0.25) is 0 Å². The zero-order valence-corrected chi connectivity index (χ0v) is 11.4. The zero-order chi connectivity index (χ0) is 13.0. The second-order valence-electron chi connectivity index (χ2n) is 5.13. The van der Waals surface area contributed by atoms with Crippen LogP contribution in [0.3, 0.4) is 0 Å². The summed E-state index contributed by atoms with van der Waals surface area (Å²) >= 11 is 0. The number of benzene rings is 2. The van der Waals surface area contributed by atoms with Gasteiger partial charge in [-0.05, 0) is 41.2 Å². The highest BCUT2D eigenvalue weighted by Crippen LogP contribution is 2.23. The molecule has 0 aromatic heterocycles. The molecule has 0 amide bonds. The van der Waals surface area contributed by atoms with Crippen molar-refractivity contribution in [3.8, 4) is 11.1 Å². The van der Waals surface area contributed by atoms with Gasteiger partial charge in [0.1, 0.15) is 0 Å². The predicted octanol–water partition coefficient (Wildman–Crippen LogP) is 4.59. The van der Waals surface area contributed by atoms with Gasteiger partial charge in [-0.2, -0.15) is 0 Å². The molecule has 0 heterocycles. The summed E-state index contributed by atoms with van der Waals surface area (Å²) in [6.07, 6.45) is 1.15. The minimum absolute atomic E-state index is 0.712. The first-order chi connectivity index (χ1) is 8.69. The van der Waals surface area contributed by atoms with Crippen molar-refractivity contribution >= 4 is 5.69 Å². The molecule has 2 aromatic carbocycles. The van der Waals surface area contributed by atoms with E-state index in [4.69, 9.17) is 0 Å². The third-order valence-corrected chi connectivity index (χ3v) is 3.08. The van der Waals surface area contributed by atoms with E-state index < -0.39 is 0 Å². The standard InChI is InChI=1S/C17H21N/c1-13(2)11-14-7-9-15(10-8-14)16-5-4-6-17(12-16)18-3/h4-10,12-13,18H,11H2,1-3H3. The van der Waals surface area contributed by atoms with Gasteiger partial charge in [0.15, 0.2) is 0 Å². The smallest absolute Gasteiger partial charge is 0.0343 e. The van der Waals surface area contributed by atoms with Crippen molar-refractivity contribution in [1.82, 2.24) is 0 Å². The topological polar surface area (TPSA) is 12.0 Å². The fraction of sp³-hybridized carbons (Fsp3) is 0.294. The van der Waals surface area contributed by atoms with Crippen LogP contribution >= 0.6 is 0 Å². The molecule has 18 heavy (non-hydrogen) atoms. The van der Waals surface area contributed by atoms with Gasteiger partial charge in [-0.3, -0.25) is 0 Å².